The third-order valence-electron chi connectivity index (χ3n) is 6.88. The molecule has 1 unspecified atom stereocenters. The molecule has 5 N–H and O–H groups in total. The molecule has 0 bridgehead atoms. The van der Waals surface area contributed by atoms with Crippen LogP contribution in [0.1, 0.15) is 28.6 Å². The van der Waals surface area contributed by atoms with E-state index in [1.54, 1.807) is 0 Å². The van der Waals surface area contributed by atoms with Gasteiger partial charge >= 0.3 is 0 Å². The van der Waals surface area contributed by atoms with Gasteiger partial charge in [0.2, 0.25) is 0 Å². The van der Waals surface area contributed by atoms with Crippen molar-refractivity contribution in [3.05, 3.63) is 119 Å². The predicted octanol–water partition coefficient (Wildman–Crippen LogP) is 6.27. The van der Waals surface area contributed by atoms with Gasteiger partial charge in [-0.05, 0) is 41.3 Å². The number of aryl methyl sites for hydroxylation is 1. The number of nitrogens with one attached hydrogen (secondary N) is 2. The number of aromatic hydroxyl groups is 1. The first-order valence-electron chi connectivity index (χ1n) is 12.5. The van der Waals surface area contributed by atoms with E-state index in [1.807, 2.05) is 72.3 Å². The molecule has 6 heteroatoms. The molecule has 1 atom stereocenters. The summed E-state index contributed by atoms with van der Waals surface area (Å²) in [5.74, 6) is 0.168. The second-order valence-corrected chi connectivity index (χ2v) is 9.47. The molecule has 1 aliphatic rings. The first-order chi connectivity index (χ1) is 18.1. The number of anilines is 2. The van der Waals surface area contributed by atoms with Crippen molar-refractivity contribution in [1.82, 2.24) is 9.78 Å². The van der Waals surface area contributed by atoms with Crippen LogP contribution >= 0.6 is 0 Å². The first kappa shape index (κ1) is 22.9. The average Bonchev–Trinajstić information content (AvgIpc) is 3.49. The lowest BCUT2D eigenvalue weighted by Gasteiger charge is -2.16. The monoisotopic (exact) mass is 487 g/mol. The molecule has 184 valence electrons. The molecule has 0 saturated heterocycles. The Hall–Kier alpha value is -4.55. The van der Waals surface area contributed by atoms with E-state index in [4.69, 9.17) is 10.8 Å². The second-order valence-electron chi connectivity index (χ2n) is 9.47. The van der Waals surface area contributed by atoms with Crippen LogP contribution in [0.2, 0.25) is 0 Å². The van der Waals surface area contributed by atoms with Crippen molar-refractivity contribution in [3.8, 4) is 28.1 Å². The van der Waals surface area contributed by atoms with Crippen LogP contribution in [-0.4, -0.2) is 14.9 Å². The fourth-order valence-electron chi connectivity index (χ4n) is 4.83. The Labute approximate surface area is 216 Å². The summed E-state index contributed by atoms with van der Waals surface area (Å²) in [6, 6.07) is 33.0. The molecule has 0 aliphatic carbocycles. The van der Waals surface area contributed by atoms with Gasteiger partial charge in [-0.15, -0.1) is 0 Å². The van der Waals surface area contributed by atoms with Crippen LogP contribution in [0.15, 0.2) is 97.1 Å². The molecule has 5 aromatic rings. The summed E-state index contributed by atoms with van der Waals surface area (Å²) in [4.78, 5) is 0. The van der Waals surface area contributed by atoms with Crippen molar-refractivity contribution in [3.63, 3.8) is 0 Å². The lowest BCUT2D eigenvalue weighted by molar-refractivity contribution is 0.463. The SMILES string of the molecule is Cc1ccc(-c2nn(Cc3ccc(-c4ccccc4)cc3)c(C3Nc4ccc(CN)cc4N3)c2O)cc1. The minimum absolute atomic E-state index is 0.168. The van der Waals surface area contributed by atoms with Gasteiger partial charge in [0.1, 0.15) is 17.6 Å². The van der Waals surface area contributed by atoms with Crippen molar-refractivity contribution in [2.24, 2.45) is 5.73 Å². The van der Waals surface area contributed by atoms with Crippen molar-refractivity contribution in [2.45, 2.75) is 26.2 Å². The fourth-order valence-corrected chi connectivity index (χ4v) is 4.83. The minimum atomic E-state index is -0.335. The van der Waals surface area contributed by atoms with Crippen LogP contribution in [-0.2, 0) is 13.1 Å². The molecule has 6 nitrogen and oxygen atoms in total. The highest BCUT2D eigenvalue weighted by molar-refractivity contribution is 5.77. The van der Waals surface area contributed by atoms with E-state index < -0.39 is 0 Å². The Morgan fingerprint density at radius 1 is 0.784 bits per heavy atom. The van der Waals surface area contributed by atoms with Crippen LogP contribution in [0.25, 0.3) is 22.4 Å². The van der Waals surface area contributed by atoms with E-state index in [9.17, 15) is 5.11 Å². The van der Waals surface area contributed by atoms with Crippen LogP contribution < -0.4 is 16.4 Å². The maximum absolute atomic E-state index is 11.5. The lowest BCUT2D eigenvalue weighted by atomic mass is 10.0. The Morgan fingerprint density at radius 2 is 1.43 bits per heavy atom. The standard InChI is InChI=1S/C31H29N5O/c1-20-7-12-25(13-8-20)28-30(37)29(31-33-26-16-11-22(18-32)17-27(26)34-31)36(35-28)19-21-9-14-24(15-10-21)23-5-3-2-4-6-23/h2-17,31,33-34,37H,18-19,32H2,1H3. The van der Waals surface area contributed by atoms with Crippen LogP contribution in [0.4, 0.5) is 11.4 Å². The number of nitrogens with two attached hydrogens (primary N) is 1. The molecule has 4 aromatic carbocycles. The molecule has 37 heavy (non-hydrogen) atoms. The molecule has 2 heterocycles. The van der Waals surface area contributed by atoms with E-state index in [-0.39, 0.29) is 11.9 Å². The van der Waals surface area contributed by atoms with Gasteiger partial charge in [-0.3, -0.25) is 4.68 Å². The maximum Gasteiger partial charge on any atom is 0.169 e. The summed E-state index contributed by atoms with van der Waals surface area (Å²) in [5.41, 5.74) is 15.6. The van der Waals surface area contributed by atoms with Crippen molar-refractivity contribution in [1.29, 1.82) is 0 Å². The highest BCUT2D eigenvalue weighted by atomic mass is 16.3. The number of fused-ring (bicyclic) bond motifs is 1. The lowest BCUT2D eigenvalue weighted by Crippen LogP contribution is -2.18. The molecule has 0 spiro atoms. The minimum Gasteiger partial charge on any atom is -0.504 e. The number of rotatable bonds is 6. The molecule has 1 aliphatic heterocycles. The smallest absolute Gasteiger partial charge is 0.169 e. The van der Waals surface area contributed by atoms with Gasteiger partial charge in [0.25, 0.3) is 0 Å². The largest absolute Gasteiger partial charge is 0.504 e. The molecule has 0 saturated carbocycles. The highest BCUT2D eigenvalue weighted by Gasteiger charge is 2.30. The molecular formula is C31H29N5O. The third-order valence-corrected chi connectivity index (χ3v) is 6.88. The van der Waals surface area contributed by atoms with Gasteiger partial charge in [-0.2, -0.15) is 5.10 Å². The number of hydrogen-bond donors (Lipinski definition) is 4. The van der Waals surface area contributed by atoms with Crippen molar-refractivity contribution in [2.75, 3.05) is 10.6 Å². The zero-order chi connectivity index (χ0) is 25.4. The van der Waals surface area contributed by atoms with Crippen LogP contribution in [0.5, 0.6) is 5.75 Å². The second kappa shape index (κ2) is 9.48. The summed E-state index contributed by atoms with van der Waals surface area (Å²) in [6.07, 6.45) is -0.335. The number of hydrogen-bond acceptors (Lipinski definition) is 5. The number of nitrogens with zero attached hydrogens (tertiary/aromatic N) is 2. The van der Waals surface area contributed by atoms with Gasteiger partial charge in [-0.25, -0.2) is 0 Å². The summed E-state index contributed by atoms with van der Waals surface area (Å²) in [7, 11) is 0. The molecule has 0 amide bonds. The zero-order valence-corrected chi connectivity index (χ0v) is 20.6. The molecular weight excluding hydrogens is 458 g/mol. The van der Waals surface area contributed by atoms with E-state index in [0.717, 1.165) is 33.6 Å². The fraction of sp³-hybridized carbons (Fsp3) is 0.129. The molecule has 1 aromatic heterocycles. The molecule has 0 fully saturated rings. The summed E-state index contributed by atoms with van der Waals surface area (Å²) in [6.45, 7) is 3.04. The Kier molecular flexibility index (Phi) is 5.87. The summed E-state index contributed by atoms with van der Waals surface area (Å²) < 4.78 is 1.89. The third kappa shape index (κ3) is 4.43. The Balaban J connectivity index is 1.36. The molecule has 6 rings (SSSR count). The van der Waals surface area contributed by atoms with Gasteiger partial charge < -0.3 is 21.5 Å². The van der Waals surface area contributed by atoms with E-state index in [1.165, 1.54) is 11.1 Å². The molecule has 0 radical (unpaired) electrons. The Bertz CT molecular complexity index is 1540. The quantitative estimate of drug-likeness (QED) is 0.227. The van der Waals surface area contributed by atoms with E-state index in [0.29, 0.717) is 24.5 Å². The van der Waals surface area contributed by atoms with Gasteiger partial charge in [0.05, 0.1) is 17.9 Å². The highest BCUT2D eigenvalue weighted by Crippen LogP contribution is 2.42. The Morgan fingerprint density at radius 3 is 2.16 bits per heavy atom. The number of aromatic nitrogens is 2. The van der Waals surface area contributed by atoms with Gasteiger partial charge in [-0.1, -0.05) is 90.5 Å². The zero-order valence-electron chi connectivity index (χ0n) is 20.6. The van der Waals surface area contributed by atoms with Crippen LogP contribution in [0, 0.1) is 6.92 Å². The number of benzene rings is 4. The first-order valence-corrected chi connectivity index (χ1v) is 12.5. The van der Waals surface area contributed by atoms with Crippen molar-refractivity contribution < 1.29 is 5.11 Å². The van der Waals surface area contributed by atoms with E-state index >= 15 is 0 Å². The summed E-state index contributed by atoms with van der Waals surface area (Å²) >= 11 is 0. The topological polar surface area (TPSA) is 88.1 Å². The van der Waals surface area contributed by atoms with Crippen LogP contribution in [0.3, 0.4) is 0 Å². The average molecular weight is 488 g/mol. The van der Waals surface area contributed by atoms with Crippen molar-refractivity contribution >= 4 is 11.4 Å². The van der Waals surface area contributed by atoms with Gasteiger partial charge in [0.15, 0.2) is 5.75 Å². The maximum atomic E-state index is 11.5. The summed E-state index contributed by atoms with van der Waals surface area (Å²) in [5, 5.41) is 23.4. The van der Waals surface area contributed by atoms with Gasteiger partial charge in [0, 0.05) is 12.1 Å². The predicted molar refractivity (Wildman–Crippen MR) is 149 cm³/mol. The van der Waals surface area contributed by atoms with E-state index in [2.05, 4.69) is 47.0 Å². The normalized spacial score (nSPS) is 14.2.